The van der Waals surface area contributed by atoms with Crippen molar-refractivity contribution in [1.29, 1.82) is 0 Å². The fourth-order valence-electron chi connectivity index (χ4n) is 2.87. The molecule has 2 aliphatic heterocycles. The minimum atomic E-state index is 0.0181. The van der Waals surface area contributed by atoms with Crippen molar-refractivity contribution in [2.24, 2.45) is 0 Å². The van der Waals surface area contributed by atoms with Gasteiger partial charge in [0.05, 0.1) is 5.56 Å². The Kier molecular flexibility index (Phi) is 3.22. The molecule has 2 saturated heterocycles. The first-order valence-corrected chi connectivity index (χ1v) is 6.98. The number of fused-ring (bicyclic) bond motifs is 1. The molecule has 2 aliphatic rings. The Labute approximate surface area is 117 Å². The van der Waals surface area contributed by atoms with Crippen LogP contribution >= 0.6 is 12.6 Å². The van der Waals surface area contributed by atoms with Crippen molar-refractivity contribution in [3.05, 3.63) is 29.8 Å². The van der Waals surface area contributed by atoms with E-state index in [1.54, 1.807) is 6.07 Å². The van der Waals surface area contributed by atoms with Gasteiger partial charge in [0.1, 0.15) is 0 Å². The van der Waals surface area contributed by atoms with Gasteiger partial charge in [-0.3, -0.25) is 9.59 Å². The molecule has 0 N–H and O–H groups in total. The van der Waals surface area contributed by atoms with Crippen molar-refractivity contribution in [1.82, 2.24) is 9.80 Å². The summed E-state index contributed by atoms with van der Waals surface area (Å²) in [6, 6.07) is 7.55. The standard InChI is InChI=1S/C14H16N2O2S/c17-13-6-5-10-9-15(7-8-16(10)13)14(18)11-3-1-2-4-12(11)19/h1-4,10,19H,5-9H2. The summed E-state index contributed by atoms with van der Waals surface area (Å²) in [7, 11) is 0. The molecule has 0 aliphatic carbocycles. The molecule has 1 aromatic carbocycles. The van der Waals surface area contributed by atoms with Gasteiger partial charge in [0, 0.05) is 37.0 Å². The maximum absolute atomic E-state index is 12.5. The number of rotatable bonds is 1. The van der Waals surface area contributed by atoms with E-state index in [9.17, 15) is 9.59 Å². The predicted octanol–water partition coefficient (Wildman–Crippen LogP) is 1.42. The maximum atomic E-state index is 12.5. The van der Waals surface area contributed by atoms with Gasteiger partial charge in [0.2, 0.25) is 5.91 Å². The van der Waals surface area contributed by atoms with Crippen molar-refractivity contribution in [2.75, 3.05) is 19.6 Å². The molecule has 1 atom stereocenters. The quantitative estimate of drug-likeness (QED) is 0.788. The van der Waals surface area contributed by atoms with Crippen LogP contribution in [-0.2, 0) is 4.79 Å². The van der Waals surface area contributed by atoms with Gasteiger partial charge in [-0.2, -0.15) is 0 Å². The number of amides is 2. The zero-order valence-corrected chi connectivity index (χ0v) is 11.5. The van der Waals surface area contributed by atoms with E-state index in [1.165, 1.54) is 0 Å². The summed E-state index contributed by atoms with van der Waals surface area (Å²) in [5.74, 6) is 0.247. The molecule has 19 heavy (non-hydrogen) atoms. The summed E-state index contributed by atoms with van der Waals surface area (Å²) >= 11 is 4.33. The number of benzene rings is 1. The number of carbonyl (C=O) groups excluding carboxylic acids is 2. The van der Waals surface area contributed by atoms with Crippen LogP contribution in [0, 0.1) is 0 Å². The summed E-state index contributed by atoms with van der Waals surface area (Å²) in [4.78, 5) is 28.5. The van der Waals surface area contributed by atoms with E-state index < -0.39 is 0 Å². The van der Waals surface area contributed by atoms with Crippen LogP contribution in [-0.4, -0.2) is 47.3 Å². The van der Waals surface area contributed by atoms with Gasteiger partial charge in [0.25, 0.3) is 5.91 Å². The number of nitrogens with zero attached hydrogens (tertiary/aromatic N) is 2. The Morgan fingerprint density at radius 1 is 1.26 bits per heavy atom. The molecule has 0 radical (unpaired) electrons. The lowest BCUT2D eigenvalue weighted by atomic mass is 10.1. The van der Waals surface area contributed by atoms with E-state index in [0.717, 1.165) is 6.42 Å². The fraction of sp³-hybridized carbons (Fsp3) is 0.429. The first-order valence-electron chi connectivity index (χ1n) is 6.53. The second-order valence-electron chi connectivity index (χ2n) is 5.05. The molecule has 5 heteroatoms. The highest BCUT2D eigenvalue weighted by Crippen LogP contribution is 2.24. The smallest absolute Gasteiger partial charge is 0.255 e. The van der Waals surface area contributed by atoms with E-state index >= 15 is 0 Å². The third kappa shape index (κ3) is 2.23. The molecular weight excluding hydrogens is 260 g/mol. The molecule has 2 amide bonds. The zero-order chi connectivity index (χ0) is 13.4. The molecular formula is C14H16N2O2S. The SMILES string of the molecule is O=C(c1ccccc1S)N1CCN2C(=O)CCC2C1. The highest BCUT2D eigenvalue weighted by molar-refractivity contribution is 7.80. The maximum Gasteiger partial charge on any atom is 0.255 e. The second kappa shape index (κ2) is 4.89. The van der Waals surface area contributed by atoms with E-state index in [1.807, 2.05) is 28.0 Å². The monoisotopic (exact) mass is 276 g/mol. The van der Waals surface area contributed by atoms with Crippen LogP contribution in [0.4, 0.5) is 0 Å². The van der Waals surface area contributed by atoms with Crippen LogP contribution < -0.4 is 0 Å². The lowest BCUT2D eigenvalue weighted by molar-refractivity contribution is -0.130. The lowest BCUT2D eigenvalue weighted by Crippen LogP contribution is -2.53. The number of thiol groups is 1. The summed E-state index contributed by atoms with van der Waals surface area (Å²) < 4.78 is 0. The third-order valence-corrected chi connectivity index (χ3v) is 4.31. The molecule has 0 bridgehead atoms. The highest BCUT2D eigenvalue weighted by atomic mass is 32.1. The predicted molar refractivity (Wildman–Crippen MR) is 74.3 cm³/mol. The Morgan fingerprint density at radius 3 is 2.84 bits per heavy atom. The Morgan fingerprint density at radius 2 is 2.05 bits per heavy atom. The van der Waals surface area contributed by atoms with Crippen LogP contribution in [0.5, 0.6) is 0 Å². The van der Waals surface area contributed by atoms with Crippen molar-refractivity contribution in [3.8, 4) is 0 Å². The van der Waals surface area contributed by atoms with Crippen molar-refractivity contribution < 1.29 is 9.59 Å². The van der Waals surface area contributed by atoms with E-state index in [4.69, 9.17) is 0 Å². The summed E-state index contributed by atoms with van der Waals surface area (Å²) in [6.45, 7) is 1.92. The van der Waals surface area contributed by atoms with Crippen LogP contribution in [0.2, 0.25) is 0 Å². The largest absolute Gasteiger partial charge is 0.336 e. The Balaban J connectivity index is 1.76. The Bertz CT molecular complexity index is 532. The topological polar surface area (TPSA) is 40.6 Å². The van der Waals surface area contributed by atoms with Gasteiger partial charge < -0.3 is 9.80 Å². The molecule has 4 nitrogen and oxygen atoms in total. The minimum Gasteiger partial charge on any atom is -0.336 e. The van der Waals surface area contributed by atoms with E-state index in [0.29, 0.717) is 36.5 Å². The van der Waals surface area contributed by atoms with Gasteiger partial charge in [-0.15, -0.1) is 12.6 Å². The zero-order valence-electron chi connectivity index (χ0n) is 10.6. The van der Waals surface area contributed by atoms with Crippen molar-refractivity contribution in [2.45, 2.75) is 23.8 Å². The van der Waals surface area contributed by atoms with E-state index in [-0.39, 0.29) is 17.9 Å². The molecule has 1 unspecified atom stereocenters. The van der Waals surface area contributed by atoms with Gasteiger partial charge in [-0.1, -0.05) is 12.1 Å². The Hall–Kier alpha value is -1.49. The molecule has 2 fully saturated rings. The van der Waals surface area contributed by atoms with E-state index in [2.05, 4.69) is 12.6 Å². The first-order chi connectivity index (χ1) is 9.16. The summed E-state index contributed by atoms with van der Waals surface area (Å²) in [5, 5.41) is 0. The van der Waals surface area contributed by atoms with Gasteiger partial charge >= 0.3 is 0 Å². The van der Waals surface area contributed by atoms with Crippen LogP contribution in [0.3, 0.4) is 0 Å². The average molecular weight is 276 g/mol. The molecule has 100 valence electrons. The third-order valence-electron chi connectivity index (χ3n) is 3.92. The molecule has 0 aromatic heterocycles. The van der Waals surface area contributed by atoms with Gasteiger partial charge in [-0.25, -0.2) is 0 Å². The number of carbonyl (C=O) groups is 2. The summed E-state index contributed by atoms with van der Waals surface area (Å²) in [6.07, 6.45) is 1.49. The number of piperazine rings is 1. The molecule has 1 aromatic rings. The molecule has 0 saturated carbocycles. The number of hydrogen-bond acceptors (Lipinski definition) is 3. The minimum absolute atomic E-state index is 0.0181. The van der Waals surface area contributed by atoms with Gasteiger partial charge in [-0.05, 0) is 18.6 Å². The van der Waals surface area contributed by atoms with Crippen molar-refractivity contribution >= 4 is 24.4 Å². The second-order valence-corrected chi connectivity index (χ2v) is 5.53. The molecule has 2 heterocycles. The fourth-order valence-corrected chi connectivity index (χ4v) is 3.13. The summed E-state index contributed by atoms with van der Waals surface area (Å²) in [5.41, 5.74) is 0.642. The van der Waals surface area contributed by atoms with Crippen LogP contribution in [0.1, 0.15) is 23.2 Å². The van der Waals surface area contributed by atoms with Crippen LogP contribution in [0.25, 0.3) is 0 Å². The first kappa shape index (κ1) is 12.5. The molecule has 3 rings (SSSR count). The number of hydrogen-bond donors (Lipinski definition) is 1. The highest BCUT2D eigenvalue weighted by Gasteiger charge is 2.37. The van der Waals surface area contributed by atoms with Crippen LogP contribution in [0.15, 0.2) is 29.2 Å². The molecule has 0 spiro atoms. The van der Waals surface area contributed by atoms with Gasteiger partial charge in [0.15, 0.2) is 0 Å². The normalized spacial score (nSPS) is 22.6. The average Bonchev–Trinajstić information content (AvgIpc) is 2.80. The van der Waals surface area contributed by atoms with Crippen molar-refractivity contribution in [3.63, 3.8) is 0 Å². The lowest BCUT2D eigenvalue weighted by Gasteiger charge is -2.37.